The molecule has 0 saturated heterocycles. The third-order valence-corrected chi connectivity index (χ3v) is 3.63. The fourth-order valence-corrected chi connectivity index (χ4v) is 1.46. The van der Waals surface area contributed by atoms with Gasteiger partial charge in [-0.2, -0.15) is 0 Å². The van der Waals surface area contributed by atoms with Crippen molar-refractivity contribution in [1.29, 1.82) is 0 Å². The molecule has 0 aliphatic rings. The maximum atomic E-state index is 12.3. The van der Waals surface area contributed by atoms with Crippen LogP contribution in [0.25, 0.3) is 0 Å². The second-order valence-corrected chi connectivity index (χ2v) is 5.29. The minimum atomic E-state index is -0.876. The molecule has 0 aliphatic carbocycles. The number of rotatable bonds is 6. The molecule has 18 heavy (non-hydrogen) atoms. The van der Waals surface area contributed by atoms with Crippen LogP contribution in [0.3, 0.4) is 0 Å². The lowest BCUT2D eigenvalue weighted by Gasteiger charge is -2.38. The molecule has 5 nitrogen and oxygen atoms in total. The monoisotopic (exact) mass is 258 g/mol. The number of nitrogens with zero attached hydrogens (tertiary/aromatic N) is 2. The Bertz CT molecular complexity index is 303. The summed E-state index contributed by atoms with van der Waals surface area (Å²) in [6, 6.07) is -0.113. The van der Waals surface area contributed by atoms with E-state index in [-0.39, 0.29) is 18.1 Å². The zero-order valence-electron chi connectivity index (χ0n) is 12.4. The molecule has 0 aromatic carbocycles. The molecule has 1 unspecified atom stereocenters. The molecule has 5 heteroatoms. The highest BCUT2D eigenvalue weighted by Gasteiger charge is 2.29. The molecule has 0 rings (SSSR count). The zero-order chi connectivity index (χ0) is 14.5. The summed E-state index contributed by atoms with van der Waals surface area (Å²) in [5.41, 5.74) is -0.225. The predicted octanol–water partition coefficient (Wildman–Crippen LogP) is 2.27. The highest BCUT2D eigenvalue weighted by molar-refractivity contribution is 5.76. The first-order valence-corrected chi connectivity index (χ1v) is 6.42. The van der Waals surface area contributed by atoms with Crippen LogP contribution in [0.2, 0.25) is 0 Å². The van der Waals surface area contributed by atoms with E-state index in [0.717, 1.165) is 6.42 Å². The molecule has 0 radical (unpaired) electrons. The van der Waals surface area contributed by atoms with Gasteiger partial charge in [-0.3, -0.25) is 4.79 Å². The SMILES string of the molecule is CCN(CC(C)C(=O)O)C(=O)N(C)C(C)(C)CC. The molecule has 106 valence electrons. The van der Waals surface area contributed by atoms with Gasteiger partial charge < -0.3 is 14.9 Å². The van der Waals surface area contributed by atoms with Crippen molar-refractivity contribution in [3.63, 3.8) is 0 Å². The number of aliphatic carboxylic acids is 1. The summed E-state index contributed by atoms with van der Waals surface area (Å²) in [7, 11) is 1.76. The van der Waals surface area contributed by atoms with Crippen molar-refractivity contribution >= 4 is 12.0 Å². The Hall–Kier alpha value is -1.26. The fraction of sp³-hybridized carbons (Fsp3) is 0.846. The maximum Gasteiger partial charge on any atom is 0.320 e. The average molecular weight is 258 g/mol. The van der Waals surface area contributed by atoms with Crippen LogP contribution in [0, 0.1) is 5.92 Å². The zero-order valence-corrected chi connectivity index (χ0v) is 12.4. The Balaban J connectivity index is 4.77. The quantitative estimate of drug-likeness (QED) is 0.795. The van der Waals surface area contributed by atoms with Gasteiger partial charge in [-0.1, -0.05) is 13.8 Å². The van der Waals surface area contributed by atoms with Crippen molar-refractivity contribution < 1.29 is 14.7 Å². The van der Waals surface area contributed by atoms with Gasteiger partial charge in [-0.05, 0) is 27.2 Å². The van der Waals surface area contributed by atoms with E-state index in [1.807, 2.05) is 27.7 Å². The van der Waals surface area contributed by atoms with Crippen LogP contribution in [-0.4, -0.2) is 52.6 Å². The lowest BCUT2D eigenvalue weighted by molar-refractivity contribution is -0.141. The molecule has 1 atom stereocenters. The van der Waals surface area contributed by atoms with Crippen molar-refractivity contribution in [2.45, 2.75) is 46.6 Å². The Morgan fingerprint density at radius 3 is 2.11 bits per heavy atom. The van der Waals surface area contributed by atoms with Crippen LogP contribution < -0.4 is 0 Å². The van der Waals surface area contributed by atoms with E-state index in [9.17, 15) is 9.59 Å². The number of carbonyl (C=O) groups excluding carboxylic acids is 1. The highest BCUT2D eigenvalue weighted by Crippen LogP contribution is 2.18. The lowest BCUT2D eigenvalue weighted by atomic mass is 10.0. The molecule has 0 heterocycles. The third-order valence-electron chi connectivity index (χ3n) is 3.63. The summed E-state index contributed by atoms with van der Waals surface area (Å²) in [5.74, 6) is -1.43. The van der Waals surface area contributed by atoms with E-state index in [4.69, 9.17) is 5.11 Å². The first kappa shape index (κ1) is 16.7. The molecule has 0 spiro atoms. The molecule has 0 bridgehead atoms. The molecule has 0 aromatic rings. The van der Waals surface area contributed by atoms with Crippen molar-refractivity contribution in [2.75, 3.05) is 20.1 Å². The molecule has 2 amide bonds. The highest BCUT2D eigenvalue weighted by atomic mass is 16.4. The van der Waals surface area contributed by atoms with Gasteiger partial charge >= 0.3 is 12.0 Å². The van der Waals surface area contributed by atoms with Crippen LogP contribution in [-0.2, 0) is 4.79 Å². The average Bonchev–Trinajstić information content (AvgIpc) is 2.33. The predicted molar refractivity (Wildman–Crippen MR) is 71.6 cm³/mol. The summed E-state index contributed by atoms with van der Waals surface area (Å²) in [6.45, 7) is 10.3. The first-order chi connectivity index (χ1) is 8.17. The normalized spacial score (nSPS) is 13.0. The molecule has 1 N–H and O–H groups in total. The van der Waals surface area contributed by atoms with E-state index in [1.54, 1.807) is 23.8 Å². The molecule has 0 saturated carbocycles. The van der Waals surface area contributed by atoms with Crippen molar-refractivity contribution in [1.82, 2.24) is 9.80 Å². The Morgan fingerprint density at radius 1 is 1.28 bits per heavy atom. The van der Waals surface area contributed by atoms with Gasteiger partial charge in [-0.15, -0.1) is 0 Å². The Kier molecular flexibility index (Phi) is 6.15. The number of hydrogen-bond donors (Lipinski definition) is 1. The number of carboxylic acid groups (broad SMARTS) is 1. The Morgan fingerprint density at radius 2 is 1.78 bits per heavy atom. The summed E-state index contributed by atoms with van der Waals surface area (Å²) >= 11 is 0. The molecular weight excluding hydrogens is 232 g/mol. The number of carbonyl (C=O) groups is 2. The number of carboxylic acids is 1. The maximum absolute atomic E-state index is 12.3. The van der Waals surface area contributed by atoms with Crippen molar-refractivity contribution in [3.8, 4) is 0 Å². The van der Waals surface area contributed by atoms with Gasteiger partial charge in [0.25, 0.3) is 0 Å². The van der Waals surface area contributed by atoms with Crippen LogP contribution in [0.4, 0.5) is 4.79 Å². The lowest BCUT2D eigenvalue weighted by Crippen LogP contribution is -2.52. The van der Waals surface area contributed by atoms with Gasteiger partial charge in [0.1, 0.15) is 0 Å². The van der Waals surface area contributed by atoms with Gasteiger partial charge in [-0.25, -0.2) is 4.79 Å². The van der Waals surface area contributed by atoms with Crippen LogP contribution >= 0.6 is 0 Å². The summed E-state index contributed by atoms with van der Waals surface area (Å²) in [5, 5.41) is 8.90. The molecule has 0 aliphatic heterocycles. The van der Waals surface area contributed by atoms with Gasteiger partial charge in [0.2, 0.25) is 0 Å². The second-order valence-electron chi connectivity index (χ2n) is 5.29. The summed E-state index contributed by atoms with van der Waals surface area (Å²) in [6.07, 6.45) is 0.848. The van der Waals surface area contributed by atoms with E-state index in [2.05, 4.69) is 0 Å². The topological polar surface area (TPSA) is 60.9 Å². The van der Waals surface area contributed by atoms with Gasteiger partial charge in [0.05, 0.1) is 5.92 Å². The van der Waals surface area contributed by atoms with E-state index in [1.165, 1.54) is 0 Å². The van der Waals surface area contributed by atoms with Crippen molar-refractivity contribution in [2.24, 2.45) is 5.92 Å². The van der Waals surface area contributed by atoms with Crippen LogP contribution in [0.1, 0.15) is 41.0 Å². The second kappa shape index (κ2) is 6.61. The number of urea groups is 1. The third kappa shape index (κ3) is 4.20. The van der Waals surface area contributed by atoms with Gasteiger partial charge in [0.15, 0.2) is 0 Å². The first-order valence-electron chi connectivity index (χ1n) is 6.42. The van der Waals surface area contributed by atoms with Crippen LogP contribution in [0.15, 0.2) is 0 Å². The fourth-order valence-electron chi connectivity index (χ4n) is 1.46. The number of hydrogen-bond acceptors (Lipinski definition) is 2. The summed E-state index contributed by atoms with van der Waals surface area (Å²) < 4.78 is 0. The minimum Gasteiger partial charge on any atom is -0.481 e. The number of amides is 2. The molecule has 0 fully saturated rings. The van der Waals surface area contributed by atoms with E-state index in [0.29, 0.717) is 6.54 Å². The molecular formula is C13H26N2O3. The van der Waals surface area contributed by atoms with Crippen LogP contribution in [0.5, 0.6) is 0 Å². The van der Waals surface area contributed by atoms with Crippen molar-refractivity contribution in [3.05, 3.63) is 0 Å². The Labute approximate surface area is 110 Å². The van der Waals surface area contributed by atoms with E-state index < -0.39 is 11.9 Å². The van der Waals surface area contributed by atoms with Gasteiger partial charge in [0, 0.05) is 25.7 Å². The minimum absolute atomic E-state index is 0.113. The largest absolute Gasteiger partial charge is 0.481 e. The van der Waals surface area contributed by atoms with E-state index >= 15 is 0 Å². The summed E-state index contributed by atoms with van der Waals surface area (Å²) in [4.78, 5) is 26.4. The standard InChI is InChI=1S/C13H26N2O3/c1-7-13(4,5)14(6)12(18)15(8-2)9-10(3)11(16)17/h10H,7-9H2,1-6H3,(H,16,17). The molecule has 0 aromatic heterocycles. The smallest absolute Gasteiger partial charge is 0.320 e.